The van der Waals surface area contributed by atoms with Crippen molar-refractivity contribution in [1.29, 1.82) is 0 Å². The Morgan fingerprint density at radius 2 is 2.05 bits per heavy atom. The second-order valence-corrected chi connectivity index (χ2v) is 7.79. The average Bonchev–Trinajstić information content (AvgIpc) is 2.49. The Balaban J connectivity index is 1.93. The zero-order valence-corrected chi connectivity index (χ0v) is 13.5. The quantitative estimate of drug-likeness (QED) is 0.593. The molecule has 20 heavy (non-hydrogen) atoms. The first kappa shape index (κ1) is 14.4. The second-order valence-electron chi connectivity index (χ2n) is 5.31. The maximum atomic E-state index is 5.97. The lowest BCUT2D eigenvalue weighted by Gasteiger charge is -2.35. The van der Waals surface area contributed by atoms with Gasteiger partial charge in [-0.05, 0) is 55.0 Å². The topological polar surface area (TPSA) is 12.4 Å². The Morgan fingerprint density at radius 1 is 1.25 bits per heavy atom. The fourth-order valence-electron chi connectivity index (χ4n) is 2.88. The van der Waals surface area contributed by atoms with Gasteiger partial charge in [0.2, 0.25) is 0 Å². The predicted molar refractivity (Wildman–Crippen MR) is 90.0 cm³/mol. The summed E-state index contributed by atoms with van der Waals surface area (Å²) < 4.78 is 4.96. The second kappa shape index (κ2) is 6.46. The van der Waals surface area contributed by atoms with Crippen molar-refractivity contribution in [2.75, 3.05) is 5.75 Å². The molecule has 1 nitrogen and oxygen atoms in total. The minimum absolute atomic E-state index is 0.00633. The van der Waals surface area contributed by atoms with Gasteiger partial charge in [0.15, 0.2) is 0 Å². The van der Waals surface area contributed by atoms with Crippen LogP contribution in [0.2, 0.25) is 5.02 Å². The molecule has 2 aliphatic rings. The SMILES string of the molecule is ClC=C1CC2CCC=CC2S(=Nc2ccc(Cl)cc2)C1. The Kier molecular flexibility index (Phi) is 4.65. The van der Waals surface area contributed by atoms with E-state index in [0.717, 1.165) is 22.9 Å². The summed E-state index contributed by atoms with van der Waals surface area (Å²) in [4.78, 5) is 0. The Bertz CT molecular complexity index is 575. The maximum Gasteiger partial charge on any atom is 0.0704 e. The summed E-state index contributed by atoms with van der Waals surface area (Å²) in [6, 6.07) is 7.80. The van der Waals surface area contributed by atoms with E-state index in [2.05, 4.69) is 12.2 Å². The van der Waals surface area contributed by atoms with E-state index >= 15 is 0 Å². The fraction of sp³-hybridized carbons (Fsp3) is 0.375. The summed E-state index contributed by atoms with van der Waals surface area (Å²) >= 11 is 11.9. The normalized spacial score (nSPS) is 31.5. The standard InChI is InChI=1S/C16H17Cl2NS/c17-10-12-9-13-3-1-2-4-16(13)20(11-12)19-15-7-5-14(18)6-8-15/h2,4-8,10,13,16H,1,3,9,11H2. The van der Waals surface area contributed by atoms with Crippen molar-refractivity contribution in [3.8, 4) is 0 Å². The first-order valence-electron chi connectivity index (χ1n) is 6.88. The lowest BCUT2D eigenvalue weighted by molar-refractivity contribution is 0.477. The molecule has 1 fully saturated rings. The average molecular weight is 326 g/mol. The van der Waals surface area contributed by atoms with Crippen LogP contribution in [0.1, 0.15) is 19.3 Å². The molecule has 0 spiro atoms. The number of benzene rings is 1. The van der Waals surface area contributed by atoms with E-state index < -0.39 is 0 Å². The fourth-order valence-corrected chi connectivity index (χ4v) is 5.59. The molecule has 4 heteroatoms. The highest BCUT2D eigenvalue weighted by Gasteiger charge is 2.31. The van der Waals surface area contributed by atoms with Gasteiger partial charge >= 0.3 is 0 Å². The van der Waals surface area contributed by atoms with Gasteiger partial charge in [-0.1, -0.05) is 46.0 Å². The predicted octanol–water partition coefficient (Wildman–Crippen LogP) is 5.63. The van der Waals surface area contributed by atoms with Crippen molar-refractivity contribution < 1.29 is 0 Å². The minimum atomic E-state index is -0.00633. The molecule has 0 aromatic heterocycles. The van der Waals surface area contributed by atoms with Crippen LogP contribution in [0.5, 0.6) is 0 Å². The van der Waals surface area contributed by atoms with Crippen molar-refractivity contribution in [1.82, 2.24) is 0 Å². The third kappa shape index (κ3) is 3.19. The summed E-state index contributed by atoms with van der Waals surface area (Å²) in [5.74, 6) is 1.70. The number of allylic oxidation sites excluding steroid dienone is 1. The highest BCUT2D eigenvalue weighted by atomic mass is 35.5. The highest BCUT2D eigenvalue weighted by molar-refractivity contribution is 7.88. The summed E-state index contributed by atoms with van der Waals surface area (Å²) in [7, 11) is -0.00633. The van der Waals surface area contributed by atoms with Gasteiger partial charge in [-0.2, -0.15) is 0 Å². The van der Waals surface area contributed by atoms with Crippen molar-refractivity contribution in [2.24, 2.45) is 10.3 Å². The Hall–Kier alpha value is -0.570. The smallest absolute Gasteiger partial charge is 0.0704 e. The number of hydrogen-bond acceptors (Lipinski definition) is 1. The molecular weight excluding hydrogens is 309 g/mol. The van der Waals surface area contributed by atoms with E-state index in [1.807, 2.05) is 24.3 Å². The molecule has 0 radical (unpaired) electrons. The third-order valence-electron chi connectivity index (χ3n) is 3.87. The number of rotatable bonds is 1. The van der Waals surface area contributed by atoms with Crippen molar-refractivity contribution in [3.05, 3.63) is 52.5 Å². The molecule has 3 atom stereocenters. The van der Waals surface area contributed by atoms with Gasteiger partial charge in [0.05, 0.1) is 5.69 Å². The lowest BCUT2D eigenvalue weighted by atomic mass is 9.88. The molecule has 1 heterocycles. The van der Waals surface area contributed by atoms with Crippen LogP contribution in [0.3, 0.4) is 0 Å². The van der Waals surface area contributed by atoms with Crippen LogP contribution >= 0.6 is 23.2 Å². The molecule has 3 unspecified atom stereocenters. The Morgan fingerprint density at radius 3 is 2.80 bits per heavy atom. The summed E-state index contributed by atoms with van der Waals surface area (Å²) in [6.07, 6.45) is 8.28. The minimum Gasteiger partial charge on any atom is -0.227 e. The molecule has 1 aliphatic carbocycles. The number of hydrogen-bond donors (Lipinski definition) is 0. The van der Waals surface area contributed by atoms with Gasteiger partial charge in [0.25, 0.3) is 0 Å². The van der Waals surface area contributed by atoms with Crippen LogP contribution in [0, 0.1) is 5.92 Å². The van der Waals surface area contributed by atoms with E-state index in [4.69, 9.17) is 27.6 Å². The van der Waals surface area contributed by atoms with Gasteiger partial charge in [-0.3, -0.25) is 0 Å². The highest BCUT2D eigenvalue weighted by Crippen LogP contribution is 2.36. The first-order chi connectivity index (χ1) is 9.76. The van der Waals surface area contributed by atoms with E-state index in [1.54, 1.807) is 5.54 Å². The molecule has 1 aliphatic heterocycles. The van der Waals surface area contributed by atoms with Crippen molar-refractivity contribution >= 4 is 39.6 Å². The zero-order chi connectivity index (χ0) is 13.9. The molecule has 1 aromatic rings. The molecule has 0 saturated carbocycles. The summed E-state index contributed by atoms with van der Waals surface area (Å²) in [6.45, 7) is 0. The van der Waals surface area contributed by atoms with Gasteiger partial charge in [0, 0.05) is 21.6 Å². The summed E-state index contributed by atoms with van der Waals surface area (Å²) in [5.41, 5.74) is 4.14. The van der Waals surface area contributed by atoms with Crippen LogP contribution in [0.4, 0.5) is 5.69 Å². The zero-order valence-electron chi connectivity index (χ0n) is 11.1. The number of fused-ring (bicyclic) bond motifs is 1. The van der Waals surface area contributed by atoms with E-state index in [0.29, 0.717) is 11.2 Å². The largest absolute Gasteiger partial charge is 0.227 e. The molecule has 1 saturated heterocycles. The molecule has 0 bridgehead atoms. The maximum absolute atomic E-state index is 5.97. The van der Waals surface area contributed by atoms with E-state index in [1.165, 1.54) is 18.4 Å². The van der Waals surface area contributed by atoms with Crippen molar-refractivity contribution in [2.45, 2.75) is 24.5 Å². The van der Waals surface area contributed by atoms with E-state index in [-0.39, 0.29) is 10.7 Å². The first-order valence-corrected chi connectivity index (χ1v) is 9.11. The van der Waals surface area contributed by atoms with Crippen LogP contribution in [0.15, 0.2) is 51.9 Å². The van der Waals surface area contributed by atoms with Gasteiger partial charge in [-0.25, -0.2) is 4.36 Å². The monoisotopic (exact) mass is 325 g/mol. The molecule has 0 N–H and O–H groups in total. The summed E-state index contributed by atoms with van der Waals surface area (Å²) in [5, 5.41) is 1.34. The van der Waals surface area contributed by atoms with Gasteiger partial charge in [0.1, 0.15) is 0 Å². The number of halogens is 2. The van der Waals surface area contributed by atoms with Crippen LogP contribution in [-0.2, 0) is 10.7 Å². The molecular formula is C16H17Cl2NS. The van der Waals surface area contributed by atoms with Crippen LogP contribution < -0.4 is 0 Å². The molecule has 0 amide bonds. The molecule has 1 aromatic carbocycles. The lowest BCUT2D eigenvalue weighted by Crippen LogP contribution is -2.33. The van der Waals surface area contributed by atoms with E-state index in [9.17, 15) is 0 Å². The van der Waals surface area contributed by atoms with Gasteiger partial charge < -0.3 is 0 Å². The molecule has 106 valence electrons. The van der Waals surface area contributed by atoms with Gasteiger partial charge in [-0.15, -0.1) is 0 Å². The van der Waals surface area contributed by atoms with Crippen molar-refractivity contribution in [3.63, 3.8) is 0 Å². The van der Waals surface area contributed by atoms with Crippen LogP contribution in [-0.4, -0.2) is 11.0 Å². The molecule has 3 rings (SSSR count). The Labute approximate surface area is 132 Å². The van der Waals surface area contributed by atoms with Crippen LogP contribution in [0.25, 0.3) is 0 Å². The number of nitrogens with zero attached hydrogens (tertiary/aromatic N) is 1. The third-order valence-corrected chi connectivity index (χ3v) is 6.71.